The predicted octanol–water partition coefficient (Wildman–Crippen LogP) is 3.04. The van der Waals surface area contributed by atoms with E-state index >= 15 is 0 Å². The number of hydrogen-bond donors (Lipinski definition) is 0. The Morgan fingerprint density at radius 3 is 2.94 bits per heavy atom. The van der Waals surface area contributed by atoms with Crippen LogP contribution in [0.1, 0.15) is 13.3 Å². The molecule has 0 N–H and O–H groups in total. The van der Waals surface area contributed by atoms with Crippen LogP contribution >= 0.6 is 11.6 Å². The minimum absolute atomic E-state index is 0.0408. The Kier molecular flexibility index (Phi) is 4.62. The highest BCUT2D eigenvalue weighted by Gasteiger charge is 2.10. The van der Waals surface area contributed by atoms with Crippen molar-refractivity contribution in [1.82, 2.24) is 0 Å². The van der Waals surface area contributed by atoms with Crippen molar-refractivity contribution in [1.29, 1.82) is 0 Å². The van der Waals surface area contributed by atoms with Crippen LogP contribution in [-0.4, -0.2) is 11.5 Å². The number of hydrogen-bond acceptors (Lipinski definition) is 3. The van der Waals surface area contributed by atoms with Gasteiger partial charge in [0.1, 0.15) is 5.75 Å². The number of non-ortho nitro benzene ring substituents is 1. The van der Waals surface area contributed by atoms with Crippen molar-refractivity contribution in [3.05, 3.63) is 33.3 Å². The van der Waals surface area contributed by atoms with Crippen LogP contribution in [0.4, 0.5) is 5.69 Å². The maximum atomic E-state index is 10.5. The van der Waals surface area contributed by atoms with E-state index in [1.54, 1.807) is 6.92 Å². The SMILES string of the molecule is CC#CCCOc1cc([N+](=O)[O-])ccc1Cl. The van der Waals surface area contributed by atoms with E-state index in [4.69, 9.17) is 16.3 Å². The molecule has 0 aliphatic heterocycles. The van der Waals surface area contributed by atoms with Gasteiger partial charge < -0.3 is 4.74 Å². The molecule has 4 nitrogen and oxygen atoms in total. The molecule has 5 heteroatoms. The zero-order chi connectivity index (χ0) is 12.0. The van der Waals surface area contributed by atoms with Gasteiger partial charge in [0.25, 0.3) is 5.69 Å². The number of nitrogens with zero attached hydrogens (tertiary/aromatic N) is 1. The van der Waals surface area contributed by atoms with Crippen LogP contribution in [-0.2, 0) is 0 Å². The number of nitro groups is 1. The van der Waals surface area contributed by atoms with Gasteiger partial charge in [0.05, 0.1) is 22.6 Å². The minimum Gasteiger partial charge on any atom is -0.491 e. The van der Waals surface area contributed by atoms with Crippen LogP contribution in [0.25, 0.3) is 0 Å². The summed E-state index contributed by atoms with van der Waals surface area (Å²) in [7, 11) is 0. The zero-order valence-corrected chi connectivity index (χ0v) is 9.45. The van der Waals surface area contributed by atoms with Gasteiger partial charge in [-0.1, -0.05) is 11.6 Å². The standard InChI is InChI=1S/C11H10ClNO3/c1-2-3-4-7-16-11-8-9(13(14)15)5-6-10(11)12/h5-6,8H,4,7H2,1H3. The summed E-state index contributed by atoms with van der Waals surface area (Å²) < 4.78 is 5.29. The van der Waals surface area contributed by atoms with E-state index in [0.29, 0.717) is 23.8 Å². The average Bonchev–Trinajstić information content (AvgIpc) is 2.26. The van der Waals surface area contributed by atoms with E-state index in [0.717, 1.165) is 0 Å². The van der Waals surface area contributed by atoms with Gasteiger partial charge in [-0.3, -0.25) is 10.1 Å². The Morgan fingerprint density at radius 2 is 2.31 bits per heavy atom. The summed E-state index contributed by atoms with van der Waals surface area (Å²) in [6.07, 6.45) is 0.565. The molecule has 16 heavy (non-hydrogen) atoms. The molecule has 0 aromatic heterocycles. The molecule has 0 radical (unpaired) electrons. The van der Waals surface area contributed by atoms with E-state index in [1.165, 1.54) is 18.2 Å². The van der Waals surface area contributed by atoms with Gasteiger partial charge >= 0.3 is 0 Å². The Hall–Kier alpha value is -1.73. The number of halogens is 1. The summed E-state index contributed by atoms with van der Waals surface area (Å²) in [5.74, 6) is 5.86. The summed E-state index contributed by atoms with van der Waals surface area (Å²) in [5.41, 5.74) is -0.0408. The van der Waals surface area contributed by atoms with Gasteiger partial charge in [-0.05, 0) is 13.0 Å². The molecule has 0 bridgehead atoms. The fourth-order valence-corrected chi connectivity index (χ4v) is 1.23. The quantitative estimate of drug-likeness (QED) is 0.351. The van der Waals surface area contributed by atoms with Gasteiger partial charge in [-0.25, -0.2) is 0 Å². The molecule has 1 aromatic rings. The summed E-state index contributed by atoms with van der Waals surface area (Å²) in [5, 5.41) is 10.9. The molecule has 0 fully saturated rings. The molecule has 84 valence electrons. The van der Waals surface area contributed by atoms with Crippen molar-refractivity contribution in [3.63, 3.8) is 0 Å². The van der Waals surface area contributed by atoms with E-state index < -0.39 is 4.92 Å². The van der Waals surface area contributed by atoms with Gasteiger partial charge in [-0.15, -0.1) is 11.8 Å². The van der Waals surface area contributed by atoms with Gasteiger partial charge in [0.15, 0.2) is 0 Å². The minimum atomic E-state index is -0.491. The third kappa shape index (κ3) is 3.44. The highest BCUT2D eigenvalue weighted by atomic mass is 35.5. The Labute approximate surface area is 98.3 Å². The maximum Gasteiger partial charge on any atom is 0.273 e. The molecule has 0 amide bonds. The third-order valence-electron chi connectivity index (χ3n) is 1.79. The molecule has 0 heterocycles. The fraction of sp³-hybridized carbons (Fsp3) is 0.273. The molecule has 0 aliphatic carbocycles. The number of rotatable bonds is 4. The summed E-state index contributed by atoms with van der Waals surface area (Å²) in [6, 6.07) is 4.09. The van der Waals surface area contributed by atoms with Gasteiger partial charge in [-0.2, -0.15) is 0 Å². The Bertz CT molecular complexity index is 448. The van der Waals surface area contributed by atoms with Crippen molar-refractivity contribution < 1.29 is 9.66 Å². The summed E-state index contributed by atoms with van der Waals surface area (Å²) >= 11 is 5.83. The number of benzene rings is 1. The van der Waals surface area contributed by atoms with E-state index in [1.807, 2.05) is 0 Å². The van der Waals surface area contributed by atoms with Crippen LogP contribution in [0.3, 0.4) is 0 Å². The predicted molar refractivity (Wildman–Crippen MR) is 61.7 cm³/mol. The van der Waals surface area contributed by atoms with Crippen molar-refractivity contribution in [2.75, 3.05) is 6.61 Å². The molecule has 0 saturated heterocycles. The van der Waals surface area contributed by atoms with Crippen molar-refractivity contribution in [2.45, 2.75) is 13.3 Å². The maximum absolute atomic E-state index is 10.5. The van der Waals surface area contributed by atoms with Crippen LogP contribution < -0.4 is 4.74 Å². The third-order valence-corrected chi connectivity index (χ3v) is 2.10. The lowest BCUT2D eigenvalue weighted by Gasteiger charge is -2.05. The van der Waals surface area contributed by atoms with E-state index in [9.17, 15) is 10.1 Å². The second-order valence-electron chi connectivity index (χ2n) is 2.90. The Morgan fingerprint density at radius 1 is 1.56 bits per heavy atom. The highest BCUT2D eigenvalue weighted by Crippen LogP contribution is 2.28. The lowest BCUT2D eigenvalue weighted by atomic mass is 10.3. The molecule has 1 aromatic carbocycles. The van der Waals surface area contributed by atoms with Crippen molar-refractivity contribution >= 4 is 17.3 Å². The smallest absolute Gasteiger partial charge is 0.273 e. The van der Waals surface area contributed by atoms with Crippen molar-refractivity contribution in [3.8, 4) is 17.6 Å². The van der Waals surface area contributed by atoms with Crippen molar-refractivity contribution in [2.24, 2.45) is 0 Å². The number of ether oxygens (including phenoxy) is 1. The van der Waals surface area contributed by atoms with Gasteiger partial charge in [0.2, 0.25) is 0 Å². The topological polar surface area (TPSA) is 52.4 Å². The molecule has 0 aliphatic rings. The fourth-order valence-electron chi connectivity index (χ4n) is 1.05. The first-order chi connectivity index (χ1) is 7.65. The van der Waals surface area contributed by atoms with Gasteiger partial charge in [0, 0.05) is 12.5 Å². The second-order valence-corrected chi connectivity index (χ2v) is 3.30. The Balaban J connectivity index is 2.73. The molecule has 0 unspecified atom stereocenters. The van der Waals surface area contributed by atoms with Crippen LogP contribution in [0.15, 0.2) is 18.2 Å². The van der Waals surface area contributed by atoms with E-state index in [2.05, 4.69) is 11.8 Å². The van der Waals surface area contributed by atoms with Crippen LogP contribution in [0.5, 0.6) is 5.75 Å². The van der Waals surface area contributed by atoms with Crippen LogP contribution in [0, 0.1) is 22.0 Å². The van der Waals surface area contributed by atoms with E-state index in [-0.39, 0.29) is 5.69 Å². The zero-order valence-electron chi connectivity index (χ0n) is 8.70. The highest BCUT2D eigenvalue weighted by molar-refractivity contribution is 6.32. The second kappa shape index (κ2) is 5.99. The molecule has 0 saturated carbocycles. The molecule has 0 atom stereocenters. The normalized spacial score (nSPS) is 9.12. The van der Waals surface area contributed by atoms with Crippen LogP contribution in [0.2, 0.25) is 5.02 Å². The summed E-state index contributed by atoms with van der Waals surface area (Å²) in [6.45, 7) is 2.10. The molecular formula is C11H10ClNO3. The first-order valence-corrected chi connectivity index (χ1v) is 4.99. The molecule has 0 spiro atoms. The first kappa shape index (κ1) is 12.3. The summed E-state index contributed by atoms with van der Waals surface area (Å²) in [4.78, 5) is 10.0. The lowest BCUT2D eigenvalue weighted by molar-refractivity contribution is -0.384. The number of nitro benzene ring substituents is 1. The first-order valence-electron chi connectivity index (χ1n) is 4.61. The largest absolute Gasteiger partial charge is 0.491 e. The average molecular weight is 240 g/mol. The molecule has 1 rings (SSSR count). The molecular weight excluding hydrogens is 230 g/mol. The lowest BCUT2D eigenvalue weighted by Crippen LogP contribution is -1.97. The monoisotopic (exact) mass is 239 g/mol.